The Labute approximate surface area is 200 Å². The smallest absolute Gasteiger partial charge is 0.268 e. The van der Waals surface area contributed by atoms with Crippen LogP contribution in [0.2, 0.25) is 10.0 Å². The van der Waals surface area contributed by atoms with E-state index in [1.54, 1.807) is 0 Å². The van der Waals surface area contributed by atoms with Gasteiger partial charge in [0.05, 0.1) is 15.7 Å². The molecule has 33 heavy (non-hydrogen) atoms. The van der Waals surface area contributed by atoms with Crippen LogP contribution in [0, 0.1) is 0 Å². The zero-order valence-electron chi connectivity index (χ0n) is 17.8. The molecule has 0 bridgehead atoms. The summed E-state index contributed by atoms with van der Waals surface area (Å²) in [6.07, 6.45) is 4.27. The van der Waals surface area contributed by atoms with E-state index >= 15 is 0 Å². The van der Waals surface area contributed by atoms with Crippen molar-refractivity contribution in [2.45, 2.75) is 0 Å². The fraction of sp³-hybridized carbons (Fsp3) is 0.273. The number of hydrogen-bond donors (Lipinski definition) is 1. The summed E-state index contributed by atoms with van der Waals surface area (Å²) in [4.78, 5) is 31.6. The normalized spacial score (nSPS) is 16.4. The zero-order valence-corrected chi connectivity index (χ0v) is 19.3. The number of benzene rings is 1. The molecule has 4 heterocycles. The van der Waals surface area contributed by atoms with Gasteiger partial charge in [-0.2, -0.15) is 4.98 Å². The molecule has 11 heteroatoms. The molecule has 1 aromatic carbocycles. The van der Waals surface area contributed by atoms with Crippen LogP contribution in [0.1, 0.15) is 10.4 Å². The largest absolute Gasteiger partial charge is 0.455 e. The molecule has 9 nitrogen and oxygen atoms in total. The summed E-state index contributed by atoms with van der Waals surface area (Å²) < 4.78 is 5.72. The second-order valence-electron chi connectivity index (χ2n) is 7.83. The number of halogens is 2. The molecule has 1 N–H and O–H groups in total. The van der Waals surface area contributed by atoms with Crippen LogP contribution in [-0.2, 0) is 0 Å². The molecule has 3 aromatic rings. The van der Waals surface area contributed by atoms with E-state index in [0.717, 1.165) is 31.9 Å². The van der Waals surface area contributed by atoms with Crippen LogP contribution in [0.3, 0.4) is 0 Å². The van der Waals surface area contributed by atoms with Crippen molar-refractivity contribution in [3.63, 3.8) is 0 Å². The number of anilines is 4. The lowest BCUT2D eigenvalue weighted by Crippen LogP contribution is -2.44. The molecule has 170 valence electrons. The standard InChI is InChI=1S/C22H21Cl2N7O2/c1-29-6-8-30(9-7-29)15-4-2-14(3-5-15)27-22-26-10-16-20(28-22)33-13-31(21(16)32)19-17(23)11-25-12-18(19)24/h2-5,10-12H,6-9,13H2,1H3,(H,26,27,28). The lowest BCUT2D eigenvalue weighted by Gasteiger charge is -2.34. The lowest BCUT2D eigenvalue weighted by molar-refractivity contribution is 0.0932. The summed E-state index contributed by atoms with van der Waals surface area (Å²) in [6, 6.07) is 8.12. The van der Waals surface area contributed by atoms with E-state index in [-0.39, 0.29) is 34.1 Å². The van der Waals surface area contributed by atoms with E-state index in [2.05, 4.69) is 49.2 Å². The van der Waals surface area contributed by atoms with Gasteiger partial charge >= 0.3 is 0 Å². The average molecular weight is 486 g/mol. The molecular weight excluding hydrogens is 465 g/mol. The van der Waals surface area contributed by atoms with E-state index in [4.69, 9.17) is 27.9 Å². The topological polar surface area (TPSA) is 86.7 Å². The number of nitrogens with one attached hydrogen (secondary N) is 1. The molecule has 1 amide bonds. The maximum atomic E-state index is 13.0. The Bertz CT molecular complexity index is 1160. The minimum atomic E-state index is -0.352. The van der Waals surface area contributed by atoms with E-state index < -0.39 is 0 Å². The molecule has 5 rings (SSSR count). The highest BCUT2D eigenvalue weighted by atomic mass is 35.5. The molecule has 2 aliphatic rings. The highest BCUT2D eigenvalue weighted by molar-refractivity contribution is 6.40. The number of aromatic nitrogens is 3. The minimum Gasteiger partial charge on any atom is -0.455 e. The number of hydrogen-bond acceptors (Lipinski definition) is 8. The summed E-state index contributed by atoms with van der Waals surface area (Å²) in [5.74, 6) is 0.181. The second kappa shape index (κ2) is 9.01. The molecule has 1 saturated heterocycles. The molecular formula is C22H21Cl2N7O2. The number of piperazine rings is 1. The van der Waals surface area contributed by atoms with Gasteiger partial charge in [-0.05, 0) is 31.3 Å². The number of nitrogens with zero attached hydrogens (tertiary/aromatic N) is 6. The van der Waals surface area contributed by atoms with Gasteiger partial charge in [-0.15, -0.1) is 0 Å². The third kappa shape index (κ3) is 4.39. The van der Waals surface area contributed by atoms with Gasteiger partial charge in [0.1, 0.15) is 5.56 Å². The number of likely N-dealkylation sites (N-methyl/N-ethyl adjacent to an activating group) is 1. The fourth-order valence-electron chi connectivity index (χ4n) is 3.79. The molecule has 0 spiro atoms. The summed E-state index contributed by atoms with van der Waals surface area (Å²) >= 11 is 12.4. The number of rotatable bonds is 4. The number of carbonyl (C=O) groups excluding carboxylic acids is 1. The van der Waals surface area contributed by atoms with Gasteiger partial charge in [0.25, 0.3) is 5.91 Å². The molecule has 0 radical (unpaired) electrons. The first-order valence-electron chi connectivity index (χ1n) is 10.4. The Morgan fingerprint density at radius 2 is 1.70 bits per heavy atom. The van der Waals surface area contributed by atoms with Gasteiger partial charge in [-0.25, -0.2) is 4.98 Å². The van der Waals surface area contributed by atoms with Gasteiger partial charge in [0.15, 0.2) is 6.73 Å². The van der Waals surface area contributed by atoms with Crippen LogP contribution in [-0.4, -0.2) is 65.7 Å². The average Bonchev–Trinajstić information content (AvgIpc) is 2.81. The Balaban J connectivity index is 1.30. The van der Waals surface area contributed by atoms with E-state index in [1.807, 2.05) is 12.1 Å². The summed E-state index contributed by atoms with van der Waals surface area (Å²) in [5.41, 5.74) is 2.59. The Kier molecular flexibility index (Phi) is 5.92. The highest BCUT2D eigenvalue weighted by Gasteiger charge is 2.31. The van der Waals surface area contributed by atoms with Crippen molar-refractivity contribution in [2.24, 2.45) is 0 Å². The van der Waals surface area contributed by atoms with Crippen molar-refractivity contribution in [3.8, 4) is 5.88 Å². The third-order valence-electron chi connectivity index (χ3n) is 5.65. The quantitative estimate of drug-likeness (QED) is 0.598. The van der Waals surface area contributed by atoms with Gasteiger partial charge in [0, 0.05) is 56.1 Å². The first-order chi connectivity index (χ1) is 16.0. The van der Waals surface area contributed by atoms with Crippen LogP contribution in [0.5, 0.6) is 5.88 Å². The summed E-state index contributed by atoms with van der Waals surface area (Å²) in [7, 11) is 2.14. The summed E-state index contributed by atoms with van der Waals surface area (Å²) in [6.45, 7) is 4.05. The number of pyridine rings is 1. The monoisotopic (exact) mass is 485 g/mol. The predicted molar refractivity (Wildman–Crippen MR) is 128 cm³/mol. The molecule has 2 aromatic heterocycles. The van der Waals surface area contributed by atoms with E-state index in [9.17, 15) is 4.79 Å². The lowest BCUT2D eigenvalue weighted by atomic mass is 10.2. The first kappa shape index (κ1) is 21.7. The number of fused-ring (bicyclic) bond motifs is 1. The van der Waals surface area contributed by atoms with Gasteiger partial charge in [0.2, 0.25) is 11.8 Å². The predicted octanol–water partition coefficient (Wildman–Crippen LogP) is 3.67. The molecule has 0 aliphatic carbocycles. The van der Waals surface area contributed by atoms with Crippen molar-refractivity contribution in [1.29, 1.82) is 0 Å². The zero-order chi connectivity index (χ0) is 22.9. The molecule has 0 saturated carbocycles. The van der Waals surface area contributed by atoms with Crippen molar-refractivity contribution in [2.75, 3.05) is 55.1 Å². The molecule has 0 unspecified atom stereocenters. The maximum Gasteiger partial charge on any atom is 0.268 e. The second-order valence-corrected chi connectivity index (χ2v) is 8.65. The number of amides is 1. The van der Waals surface area contributed by atoms with Crippen molar-refractivity contribution < 1.29 is 9.53 Å². The molecule has 0 atom stereocenters. The Morgan fingerprint density at radius 3 is 2.39 bits per heavy atom. The first-order valence-corrected chi connectivity index (χ1v) is 11.2. The minimum absolute atomic E-state index is 0.0779. The van der Waals surface area contributed by atoms with Crippen molar-refractivity contribution >= 4 is 52.1 Å². The van der Waals surface area contributed by atoms with Crippen LogP contribution in [0.25, 0.3) is 0 Å². The highest BCUT2D eigenvalue weighted by Crippen LogP contribution is 2.36. The van der Waals surface area contributed by atoms with Crippen LogP contribution in [0.4, 0.5) is 23.0 Å². The van der Waals surface area contributed by atoms with Gasteiger partial charge in [-0.3, -0.25) is 14.7 Å². The van der Waals surface area contributed by atoms with E-state index in [1.165, 1.54) is 29.2 Å². The van der Waals surface area contributed by atoms with Crippen LogP contribution in [0.15, 0.2) is 42.9 Å². The number of ether oxygens (including phenoxy) is 1. The number of carbonyl (C=O) groups is 1. The Morgan fingerprint density at radius 1 is 1.00 bits per heavy atom. The van der Waals surface area contributed by atoms with Gasteiger partial charge < -0.3 is 19.9 Å². The van der Waals surface area contributed by atoms with E-state index in [0.29, 0.717) is 11.6 Å². The summed E-state index contributed by atoms with van der Waals surface area (Å²) in [5, 5.41) is 3.67. The fourth-order valence-corrected chi connectivity index (χ4v) is 4.36. The maximum absolute atomic E-state index is 13.0. The van der Waals surface area contributed by atoms with Crippen molar-refractivity contribution in [1.82, 2.24) is 19.9 Å². The Hall–Kier alpha value is -3.14. The van der Waals surface area contributed by atoms with Crippen LogP contribution < -0.4 is 19.9 Å². The van der Waals surface area contributed by atoms with Crippen LogP contribution >= 0.6 is 23.2 Å². The SMILES string of the molecule is CN1CCN(c2ccc(Nc3ncc4c(n3)OCN(c3c(Cl)cncc3Cl)C4=O)cc2)CC1. The van der Waals surface area contributed by atoms with Crippen molar-refractivity contribution in [3.05, 3.63) is 58.5 Å². The van der Waals surface area contributed by atoms with Gasteiger partial charge in [-0.1, -0.05) is 23.2 Å². The molecule has 2 aliphatic heterocycles. The third-order valence-corrected chi connectivity index (χ3v) is 6.20. The molecule has 1 fully saturated rings.